The Kier molecular flexibility index (Phi) is 8.21. The third-order valence-electron chi connectivity index (χ3n) is 5.92. The van der Waals surface area contributed by atoms with Gasteiger partial charge in [0.05, 0.1) is 6.54 Å². The number of nitrogens with zero attached hydrogens (tertiary/aromatic N) is 3. The van der Waals surface area contributed by atoms with Crippen LogP contribution in [0.2, 0.25) is 0 Å². The highest BCUT2D eigenvalue weighted by atomic mass is 16.2. The Labute approximate surface area is 178 Å². The lowest BCUT2D eigenvalue weighted by Gasteiger charge is -2.39. The quantitative estimate of drug-likeness (QED) is 0.755. The average Bonchev–Trinajstić information content (AvgIpc) is 3.05. The van der Waals surface area contributed by atoms with Crippen molar-refractivity contribution in [2.24, 2.45) is 0 Å². The molecule has 2 aliphatic heterocycles. The van der Waals surface area contributed by atoms with Crippen LogP contribution in [0.4, 0.5) is 4.79 Å². The lowest BCUT2D eigenvalue weighted by atomic mass is 10.0. The van der Waals surface area contributed by atoms with E-state index in [9.17, 15) is 14.4 Å². The molecule has 2 N–H and O–H groups in total. The van der Waals surface area contributed by atoms with Gasteiger partial charge < -0.3 is 10.2 Å². The molecule has 4 amide bonds. The van der Waals surface area contributed by atoms with Crippen molar-refractivity contribution in [3.05, 3.63) is 35.9 Å². The summed E-state index contributed by atoms with van der Waals surface area (Å²) in [5.41, 5.74) is 0.855. The molecule has 3 rings (SSSR count). The number of rotatable bonds is 5. The van der Waals surface area contributed by atoms with E-state index in [0.717, 1.165) is 44.6 Å². The Morgan fingerprint density at radius 2 is 1.53 bits per heavy atom. The molecule has 2 fully saturated rings. The van der Waals surface area contributed by atoms with Gasteiger partial charge in [0, 0.05) is 46.3 Å². The van der Waals surface area contributed by atoms with Gasteiger partial charge >= 0.3 is 6.03 Å². The number of amides is 4. The van der Waals surface area contributed by atoms with Crippen LogP contribution in [0.25, 0.3) is 0 Å². The van der Waals surface area contributed by atoms with Crippen LogP contribution in [0.1, 0.15) is 37.3 Å². The van der Waals surface area contributed by atoms with Crippen LogP contribution in [0.3, 0.4) is 0 Å². The van der Waals surface area contributed by atoms with Gasteiger partial charge in [0.2, 0.25) is 11.8 Å². The van der Waals surface area contributed by atoms with E-state index in [1.165, 1.54) is 19.9 Å². The lowest BCUT2D eigenvalue weighted by Crippen LogP contribution is -2.54. The van der Waals surface area contributed by atoms with Gasteiger partial charge in [0.15, 0.2) is 0 Å². The highest BCUT2D eigenvalue weighted by molar-refractivity contribution is 5.97. The molecule has 0 spiro atoms. The molecule has 8 heteroatoms. The number of urea groups is 1. The molecule has 8 nitrogen and oxygen atoms in total. The summed E-state index contributed by atoms with van der Waals surface area (Å²) in [5.74, 6) is -0.128. The van der Waals surface area contributed by atoms with Crippen molar-refractivity contribution in [3.63, 3.8) is 0 Å². The first-order chi connectivity index (χ1) is 14.6. The summed E-state index contributed by atoms with van der Waals surface area (Å²) in [5, 5.41) is 4.84. The van der Waals surface area contributed by atoms with Crippen LogP contribution in [0.15, 0.2) is 30.3 Å². The zero-order valence-corrected chi connectivity index (χ0v) is 17.8. The van der Waals surface area contributed by atoms with Crippen molar-refractivity contribution >= 4 is 17.8 Å². The number of benzene rings is 1. The Morgan fingerprint density at radius 1 is 0.900 bits per heavy atom. The predicted molar refractivity (Wildman–Crippen MR) is 115 cm³/mol. The van der Waals surface area contributed by atoms with Crippen molar-refractivity contribution in [1.29, 1.82) is 0 Å². The van der Waals surface area contributed by atoms with E-state index in [2.05, 4.69) is 20.4 Å². The zero-order valence-electron chi connectivity index (χ0n) is 17.8. The normalized spacial score (nSPS) is 19.6. The van der Waals surface area contributed by atoms with Crippen LogP contribution >= 0.6 is 0 Å². The van der Waals surface area contributed by atoms with Crippen molar-refractivity contribution in [2.75, 3.05) is 52.9 Å². The van der Waals surface area contributed by atoms with Crippen LogP contribution in [-0.4, -0.2) is 85.4 Å². The average molecular weight is 416 g/mol. The molecule has 1 aromatic rings. The molecular formula is C22H33N5O3. The van der Waals surface area contributed by atoms with E-state index in [-0.39, 0.29) is 11.8 Å². The number of hydrogen-bond acceptors (Lipinski definition) is 5. The monoisotopic (exact) mass is 415 g/mol. The standard InChI is InChI=1S/C22H33N5O3/c1-23-22(30)24-21(29)20(18-9-5-4-6-10-18)27-15-13-25(14-16-27)17-19(28)26-11-7-2-3-8-12-26/h4-6,9-10,20H,2-3,7-8,11-17H2,1H3,(H2,23,24,29,30)/t20-/m0/s1. The molecule has 30 heavy (non-hydrogen) atoms. The minimum Gasteiger partial charge on any atom is -0.342 e. The SMILES string of the molecule is CNC(=O)NC(=O)[C@H](c1ccccc1)N1CCN(CC(=O)N2CCCCCC2)CC1. The topological polar surface area (TPSA) is 85.0 Å². The number of piperazine rings is 1. The Bertz CT molecular complexity index is 711. The third kappa shape index (κ3) is 6.03. The maximum absolute atomic E-state index is 12.8. The van der Waals surface area contributed by atoms with E-state index in [1.54, 1.807) is 0 Å². The second kappa shape index (κ2) is 11.1. The molecule has 0 aliphatic carbocycles. The fraction of sp³-hybridized carbons (Fsp3) is 0.591. The van der Waals surface area contributed by atoms with Gasteiger partial charge in [0.1, 0.15) is 6.04 Å². The van der Waals surface area contributed by atoms with Crippen molar-refractivity contribution < 1.29 is 14.4 Å². The van der Waals surface area contributed by atoms with Crippen molar-refractivity contribution in [3.8, 4) is 0 Å². The molecule has 1 atom stereocenters. The second-order valence-electron chi connectivity index (χ2n) is 7.99. The fourth-order valence-electron chi connectivity index (χ4n) is 4.20. The summed E-state index contributed by atoms with van der Waals surface area (Å²) in [7, 11) is 1.49. The number of carbonyl (C=O) groups is 3. The van der Waals surface area contributed by atoms with Crippen LogP contribution in [-0.2, 0) is 9.59 Å². The maximum Gasteiger partial charge on any atom is 0.321 e. The van der Waals surface area contributed by atoms with Gasteiger partial charge in [-0.2, -0.15) is 0 Å². The van der Waals surface area contributed by atoms with E-state index in [0.29, 0.717) is 19.6 Å². The molecule has 0 aromatic heterocycles. The molecule has 0 unspecified atom stereocenters. The Hall–Kier alpha value is -2.45. The second-order valence-corrected chi connectivity index (χ2v) is 7.99. The summed E-state index contributed by atoms with van der Waals surface area (Å²) >= 11 is 0. The highest BCUT2D eigenvalue weighted by Crippen LogP contribution is 2.23. The molecule has 0 saturated carbocycles. The number of carbonyl (C=O) groups excluding carboxylic acids is 3. The predicted octanol–water partition coefficient (Wildman–Crippen LogP) is 1.20. The van der Waals surface area contributed by atoms with Crippen LogP contribution in [0.5, 0.6) is 0 Å². The van der Waals surface area contributed by atoms with Gasteiger partial charge in [-0.3, -0.25) is 24.7 Å². The van der Waals surface area contributed by atoms with Crippen molar-refractivity contribution in [2.45, 2.75) is 31.7 Å². The highest BCUT2D eigenvalue weighted by Gasteiger charge is 2.32. The number of imide groups is 1. The van der Waals surface area contributed by atoms with E-state index >= 15 is 0 Å². The zero-order chi connectivity index (χ0) is 21.3. The summed E-state index contributed by atoms with van der Waals surface area (Å²) in [6, 6.07) is 8.46. The lowest BCUT2D eigenvalue weighted by molar-refractivity contribution is -0.134. The molecule has 2 saturated heterocycles. The van der Waals surface area contributed by atoms with Gasteiger partial charge in [-0.15, -0.1) is 0 Å². The third-order valence-corrected chi connectivity index (χ3v) is 5.92. The fourth-order valence-corrected chi connectivity index (χ4v) is 4.20. The van der Waals surface area contributed by atoms with Gasteiger partial charge in [0.25, 0.3) is 0 Å². The van der Waals surface area contributed by atoms with Crippen LogP contribution in [0, 0.1) is 0 Å². The molecule has 2 aliphatic rings. The summed E-state index contributed by atoms with van der Waals surface area (Å²) < 4.78 is 0. The summed E-state index contributed by atoms with van der Waals surface area (Å²) in [6.45, 7) is 4.94. The van der Waals surface area contributed by atoms with E-state index in [1.807, 2.05) is 35.2 Å². The first-order valence-electron chi connectivity index (χ1n) is 10.9. The minimum atomic E-state index is -0.535. The molecule has 0 radical (unpaired) electrons. The van der Waals surface area contributed by atoms with Gasteiger partial charge in [-0.25, -0.2) is 4.79 Å². The number of likely N-dealkylation sites (tertiary alicyclic amines) is 1. The summed E-state index contributed by atoms with van der Waals surface area (Å²) in [4.78, 5) is 43.4. The first kappa shape index (κ1) is 22.2. The maximum atomic E-state index is 12.8. The minimum absolute atomic E-state index is 0.210. The molecule has 164 valence electrons. The molecular weight excluding hydrogens is 382 g/mol. The first-order valence-corrected chi connectivity index (χ1v) is 10.9. The van der Waals surface area contributed by atoms with E-state index < -0.39 is 12.1 Å². The van der Waals surface area contributed by atoms with Gasteiger partial charge in [-0.1, -0.05) is 43.2 Å². The smallest absolute Gasteiger partial charge is 0.321 e. The largest absolute Gasteiger partial charge is 0.342 e. The van der Waals surface area contributed by atoms with Crippen molar-refractivity contribution in [1.82, 2.24) is 25.3 Å². The molecule has 2 heterocycles. The number of nitrogens with one attached hydrogen (secondary N) is 2. The number of hydrogen-bond donors (Lipinski definition) is 2. The van der Waals surface area contributed by atoms with Crippen LogP contribution < -0.4 is 10.6 Å². The summed E-state index contributed by atoms with van der Waals surface area (Å²) in [6.07, 6.45) is 4.61. The van der Waals surface area contributed by atoms with E-state index in [4.69, 9.17) is 0 Å². The van der Waals surface area contributed by atoms with Gasteiger partial charge in [-0.05, 0) is 18.4 Å². The molecule has 0 bridgehead atoms. The Morgan fingerprint density at radius 3 is 2.13 bits per heavy atom. The Balaban J connectivity index is 1.59. The molecule has 1 aromatic carbocycles.